The van der Waals surface area contributed by atoms with E-state index in [0.29, 0.717) is 5.88 Å². The van der Waals surface area contributed by atoms with Gasteiger partial charge < -0.3 is 14.6 Å². The largest absolute Gasteiger partial charge is 0.481 e. The quantitative estimate of drug-likeness (QED) is 0.848. The van der Waals surface area contributed by atoms with Gasteiger partial charge in [-0.1, -0.05) is 0 Å². The molecule has 0 bridgehead atoms. The van der Waals surface area contributed by atoms with E-state index in [2.05, 4.69) is 40.3 Å². The zero-order valence-electron chi connectivity index (χ0n) is 10.9. The average molecular weight is 245 g/mol. The Bertz CT molecular complexity index is 493. The van der Waals surface area contributed by atoms with Crippen LogP contribution < -0.4 is 10.1 Å². The molecular weight excluding hydrogens is 226 g/mol. The Morgan fingerprint density at radius 2 is 2.11 bits per heavy atom. The van der Waals surface area contributed by atoms with Gasteiger partial charge in [-0.15, -0.1) is 0 Å². The van der Waals surface area contributed by atoms with Crippen LogP contribution in [-0.2, 0) is 19.6 Å². The molecule has 18 heavy (non-hydrogen) atoms. The van der Waals surface area contributed by atoms with Gasteiger partial charge in [0.1, 0.15) is 0 Å². The molecule has 96 valence electrons. The fraction of sp³-hybridized carbons (Fsp3) is 0.357. The second-order valence-electron chi connectivity index (χ2n) is 4.16. The Morgan fingerprint density at radius 1 is 1.28 bits per heavy atom. The van der Waals surface area contributed by atoms with Crippen LogP contribution in [0.15, 0.2) is 36.8 Å². The van der Waals surface area contributed by atoms with Gasteiger partial charge in [0.15, 0.2) is 0 Å². The van der Waals surface area contributed by atoms with Crippen molar-refractivity contribution in [2.75, 3.05) is 7.11 Å². The second-order valence-corrected chi connectivity index (χ2v) is 4.16. The maximum absolute atomic E-state index is 5.10. The lowest BCUT2D eigenvalue weighted by molar-refractivity contribution is 0.397. The van der Waals surface area contributed by atoms with Gasteiger partial charge in [-0.05, 0) is 30.2 Å². The number of pyridine rings is 1. The van der Waals surface area contributed by atoms with Crippen molar-refractivity contribution in [3.8, 4) is 5.88 Å². The Hall–Kier alpha value is -1.81. The summed E-state index contributed by atoms with van der Waals surface area (Å²) in [5, 5.41) is 3.41. The van der Waals surface area contributed by atoms with E-state index in [4.69, 9.17) is 4.74 Å². The van der Waals surface area contributed by atoms with Gasteiger partial charge in [0.2, 0.25) is 5.88 Å². The number of nitrogens with one attached hydrogen (secondary N) is 1. The Morgan fingerprint density at radius 3 is 2.83 bits per heavy atom. The van der Waals surface area contributed by atoms with Crippen molar-refractivity contribution in [1.29, 1.82) is 0 Å². The van der Waals surface area contributed by atoms with Gasteiger partial charge in [-0.25, -0.2) is 4.98 Å². The summed E-state index contributed by atoms with van der Waals surface area (Å²) in [4.78, 5) is 4.09. The van der Waals surface area contributed by atoms with E-state index < -0.39 is 0 Å². The van der Waals surface area contributed by atoms with E-state index in [0.717, 1.165) is 19.6 Å². The number of ether oxygens (including phenoxy) is 1. The summed E-state index contributed by atoms with van der Waals surface area (Å²) in [6.07, 6.45) is 6.04. The van der Waals surface area contributed by atoms with Gasteiger partial charge in [-0.3, -0.25) is 0 Å². The third kappa shape index (κ3) is 3.34. The van der Waals surface area contributed by atoms with Crippen molar-refractivity contribution in [1.82, 2.24) is 14.9 Å². The van der Waals surface area contributed by atoms with Crippen LogP contribution in [0.25, 0.3) is 0 Å². The fourth-order valence-corrected chi connectivity index (χ4v) is 1.82. The van der Waals surface area contributed by atoms with Crippen LogP contribution in [0.4, 0.5) is 0 Å². The molecule has 2 aromatic heterocycles. The third-order valence-corrected chi connectivity index (χ3v) is 2.84. The average Bonchev–Trinajstić information content (AvgIpc) is 2.87. The van der Waals surface area contributed by atoms with Crippen LogP contribution >= 0.6 is 0 Å². The van der Waals surface area contributed by atoms with Crippen LogP contribution in [-0.4, -0.2) is 16.7 Å². The lowest BCUT2D eigenvalue weighted by atomic mass is 10.2. The maximum atomic E-state index is 5.10. The minimum absolute atomic E-state index is 0.659. The number of aryl methyl sites for hydroxylation is 1. The molecule has 0 unspecified atom stereocenters. The van der Waals surface area contributed by atoms with Crippen molar-refractivity contribution in [2.45, 2.75) is 26.6 Å². The normalized spacial score (nSPS) is 10.6. The molecule has 0 spiro atoms. The van der Waals surface area contributed by atoms with Crippen LogP contribution in [0.1, 0.15) is 18.1 Å². The molecule has 0 aliphatic carbocycles. The van der Waals surface area contributed by atoms with Crippen molar-refractivity contribution in [2.24, 2.45) is 0 Å². The SMILES string of the molecule is CCn1ccc(CNCc2ccnc(OC)c2)c1. The third-order valence-electron chi connectivity index (χ3n) is 2.84. The van der Waals surface area contributed by atoms with Crippen LogP contribution in [0.5, 0.6) is 5.88 Å². The summed E-state index contributed by atoms with van der Waals surface area (Å²) in [6, 6.07) is 6.08. The second kappa shape index (κ2) is 6.21. The first-order chi connectivity index (χ1) is 8.81. The maximum Gasteiger partial charge on any atom is 0.213 e. The first-order valence-corrected chi connectivity index (χ1v) is 6.16. The number of rotatable bonds is 6. The molecule has 0 fully saturated rings. The van der Waals surface area contributed by atoms with Gasteiger partial charge in [0, 0.05) is 44.3 Å². The summed E-state index contributed by atoms with van der Waals surface area (Å²) in [7, 11) is 1.63. The molecule has 0 aliphatic heterocycles. The van der Waals surface area contributed by atoms with Crippen molar-refractivity contribution >= 4 is 0 Å². The number of aromatic nitrogens is 2. The molecule has 2 rings (SSSR count). The Labute approximate surface area is 108 Å². The Kier molecular flexibility index (Phi) is 4.36. The number of hydrogen-bond acceptors (Lipinski definition) is 3. The van der Waals surface area contributed by atoms with E-state index in [9.17, 15) is 0 Å². The molecule has 0 saturated carbocycles. The highest BCUT2D eigenvalue weighted by molar-refractivity contribution is 5.20. The molecule has 0 aromatic carbocycles. The predicted octanol–water partition coefficient (Wildman–Crippen LogP) is 2.20. The van der Waals surface area contributed by atoms with Gasteiger partial charge in [-0.2, -0.15) is 0 Å². The molecule has 0 aliphatic rings. The molecule has 0 radical (unpaired) electrons. The summed E-state index contributed by atoms with van der Waals surface area (Å²) >= 11 is 0. The first kappa shape index (κ1) is 12.6. The lowest BCUT2D eigenvalue weighted by Crippen LogP contribution is -2.12. The first-order valence-electron chi connectivity index (χ1n) is 6.16. The number of hydrogen-bond donors (Lipinski definition) is 1. The number of nitrogens with zero attached hydrogens (tertiary/aromatic N) is 2. The van der Waals surface area contributed by atoms with E-state index in [1.165, 1.54) is 11.1 Å². The Balaban J connectivity index is 1.84. The van der Waals surface area contributed by atoms with Crippen molar-refractivity contribution in [3.05, 3.63) is 47.9 Å². The lowest BCUT2D eigenvalue weighted by Gasteiger charge is -2.05. The molecule has 2 aromatic rings. The summed E-state index contributed by atoms with van der Waals surface area (Å²) in [5.41, 5.74) is 2.48. The molecule has 2 heterocycles. The highest BCUT2D eigenvalue weighted by atomic mass is 16.5. The molecule has 4 heteroatoms. The fourth-order valence-electron chi connectivity index (χ4n) is 1.82. The van der Waals surface area contributed by atoms with Crippen molar-refractivity contribution in [3.63, 3.8) is 0 Å². The molecule has 0 amide bonds. The van der Waals surface area contributed by atoms with Crippen LogP contribution in [0.2, 0.25) is 0 Å². The predicted molar refractivity (Wildman–Crippen MR) is 71.4 cm³/mol. The van der Waals surface area contributed by atoms with Crippen LogP contribution in [0, 0.1) is 0 Å². The molecule has 4 nitrogen and oxygen atoms in total. The topological polar surface area (TPSA) is 39.1 Å². The highest BCUT2D eigenvalue weighted by Crippen LogP contribution is 2.08. The molecule has 0 atom stereocenters. The molecule has 0 saturated heterocycles. The van der Waals surface area contributed by atoms with Crippen LogP contribution in [0.3, 0.4) is 0 Å². The summed E-state index contributed by atoms with van der Waals surface area (Å²) in [5.74, 6) is 0.659. The zero-order valence-corrected chi connectivity index (χ0v) is 10.9. The van der Waals surface area contributed by atoms with Gasteiger partial charge in [0.05, 0.1) is 7.11 Å². The molecular formula is C14H19N3O. The smallest absolute Gasteiger partial charge is 0.213 e. The van der Waals surface area contributed by atoms with E-state index >= 15 is 0 Å². The minimum atomic E-state index is 0.659. The van der Waals surface area contributed by atoms with E-state index in [1.54, 1.807) is 13.3 Å². The standard InChI is InChI=1S/C14H19N3O/c1-3-17-7-5-13(11-17)10-15-9-12-4-6-16-14(8-12)18-2/h4-8,11,15H,3,9-10H2,1-2H3. The van der Waals surface area contributed by atoms with Gasteiger partial charge in [0.25, 0.3) is 0 Å². The monoisotopic (exact) mass is 245 g/mol. The van der Waals surface area contributed by atoms with Gasteiger partial charge >= 0.3 is 0 Å². The minimum Gasteiger partial charge on any atom is -0.481 e. The van der Waals surface area contributed by atoms with E-state index in [-0.39, 0.29) is 0 Å². The number of methoxy groups -OCH3 is 1. The summed E-state index contributed by atoms with van der Waals surface area (Å²) in [6.45, 7) is 4.84. The molecule has 1 N–H and O–H groups in total. The zero-order chi connectivity index (χ0) is 12.8. The summed E-state index contributed by atoms with van der Waals surface area (Å²) < 4.78 is 7.27. The van der Waals surface area contributed by atoms with E-state index in [1.807, 2.05) is 12.1 Å². The van der Waals surface area contributed by atoms with Crippen molar-refractivity contribution < 1.29 is 4.74 Å². The highest BCUT2D eigenvalue weighted by Gasteiger charge is 1.98.